The molecule has 28 heavy (non-hydrogen) atoms. The molecule has 0 spiro atoms. The summed E-state index contributed by atoms with van der Waals surface area (Å²) in [6.07, 6.45) is 5.45. The molecule has 1 unspecified atom stereocenters. The summed E-state index contributed by atoms with van der Waals surface area (Å²) < 4.78 is 16.5. The van der Waals surface area contributed by atoms with Gasteiger partial charge in [-0.3, -0.25) is 4.79 Å². The van der Waals surface area contributed by atoms with Crippen LogP contribution in [0.15, 0.2) is 48.5 Å². The number of benzene rings is 2. The minimum Gasteiger partial charge on any atom is -0.497 e. The maximum atomic E-state index is 12.3. The molecule has 0 saturated carbocycles. The number of amides is 1. The normalized spacial score (nSPS) is 11.5. The molecular weight excluding hydrogens is 354 g/mol. The Morgan fingerprint density at radius 1 is 0.893 bits per heavy atom. The van der Waals surface area contributed by atoms with Crippen molar-refractivity contribution in [1.29, 1.82) is 0 Å². The number of methoxy groups -OCH3 is 1. The first-order chi connectivity index (χ1) is 13.6. The van der Waals surface area contributed by atoms with Gasteiger partial charge in [-0.05, 0) is 61.9 Å². The quantitative estimate of drug-likeness (QED) is 0.494. The molecule has 0 aromatic heterocycles. The number of unbranched alkanes of at least 4 members (excludes halogenated alkanes) is 4. The van der Waals surface area contributed by atoms with Crippen molar-refractivity contribution in [3.05, 3.63) is 48.5 Å². The molecule has 1 atom stereocenters. The molecule has 0 aliphatic heterocycles. The molecule has 2 aromatic rings. The zero-order chi connectivity index (χ0) is 20.2. The van der Waals surface area contributed by atoms with Gasteiger partial charge in [0.25, 0.3) is 5.91 Å². The smallest absolute Gasteiger partial charge is 0.265 e. The number of carbonyl (C=O) groups is 1. The summed E-state index contributed by atoms with van der Waals surface area (Å²) in [6, 6.07) is 14.6. The molecule has 0 radical (unpaired) electrons. The first-order valence-electron chi connectivity index (χ1n) is 9.96. The van der Waals surface area contributed by atoms with Gasteiger partial charge in [0.1, 0.15) is 17.2 Å². The first-order valence-corrected chi connectivity index (χ1v) is 9.96. The zero-order valence-corrected chi connectivity index (χ0v) is 17.1. The molecule has 0 aliphatic rings. The Bertz CT molecular complexity index is 698. The highest BCUT2D eigenvalue weighted by atomic mass is 16.5. The van der Waals surface area contributed by atoms with E-state index in [1.807, 2.05) is 24.3 Å². The van der Waals surface area contributed by atoms with Crippen LogP contribution in [0.25, 0.3) is 0 Å². The fourth-order valence-electron chi connectivity index (χ4n) is 2.69. The number of nitrogens with one attached hydrogen (secondary N) is 1. The van der Waals surface area contributed by atoms with Gasteiger partial charge in [0.2, 0.25) is 0 Å². The lowest BCUT2D eigenvalue weighted by Gasteiger charge is -2.15. The summed E-state index contributed by atoms with van der Waals surface area (Å²) >= 11 is 0. The van der Waals surface area contributed by atoms with Crippen molar-refractivity contribution in [2.75, 3.05) is 19.0 Å². The van der Waals surface area contributed by atoms with Gasteiger partial charge >= 0.3 is 0 Å². The summed E-state index contributed by atoms with van der Waals surface area (Å²) in [5, 5.41) is 2.86. The molecule has 1 amide bonds. The summed E-state index contributed by atoms with van der Waals surface area (Å²) in [4.78, 5) is 12.3. The van der Waals surface area contributed by atoms with E-state index in [9.17, 15) is 4.79 Å². The zero-order valence-electron chi connectivity index (χ0n) is 17.1. The highest BCUT2D eigenvalue weighted by Crippen LogP contribution is 2.20. The number of ether oxygens (including phenoxy) is 3. The van der Waals surface area contributed by atoms with Gasteiger partial charge in [-0.1, -0.05) is 32.6 Å². The Morgan fingerprint density at radius 3 is 2.14 bits per heavy atom. The standard InChI is InChI=1S/C23H31NO4/c1-4-5-6-7-8-17-27-21-11-9-19(10-12-21)24-23(25)18(2)28-22-15-13-20(26-3)14-16-22/h9-16,18H,4-8,17H2,1-3H3,(H,24,25). The lowest BCUT2D eigenvalue weighted by atomic mass is 10.2. The van der Waals surface area contributed by atoms with Crippen LogP contribution in [0.5, 0.6) is 17.2 Å². The number of hydrogen-bond acceptors (Lipinski definition) is 4. The molecule has 2 aromatic carbocycles. The molecule has 0 bridgehead atoms. The van der Waals surface area contributed by atoms with Crippen LogP contribution in [-0.4, -0.2) is 25.7 Å². The molecule has 1 N–H and O–H groups in total. The summed E-state index contributed by atoms with van der Waals surface area (Å²) in [7, 11) is 1.61. The molecule has 0 aliphatic carbocycles. The predicted octanol–water partition coefficient (Wildman–Crippen LogP) is 5.45. The third-order valence-corrected chi connectivity index (χ3v) is 4.38. The average Bonchev–Trinajstić information content (AvgIpc) is 2.72. The van der Waals surface area contributed by atoms with Gasteiger partial charge in [0, 0.05) is 5.69 Å². The summed E-state index contributed by atoms with van der Waals surface area (Å²) in [6.45, 7) is 4.65. The largest absolute Gasteiger partial charge is 0.497 e. The SMILES string of the molecule is CCCCCCCOc1ccc(NC(=O)C(C)Oc2ccc(OC)cc2)cc1. The summed E-state index contributed by atoms with van der Waals surface area (Å²) in [5.41, 5.74) is 0.713. The van der Waals surface area contributed by atoms with Crippen LogP contribution in [-0.2, 0) is 4.79 Å². The van der Waals surface area contributed by atoms with Crippen LogP contribution in [0.1, 0.15) is 46.0 Å². The minimum atomic E-state index is -0.618. The maximum absolute atomic E-state index is 12.3. The van der Waals surface area contributed by atoms with Crippen molar-refractivity contribution in [2.24, 2.45) is 0 Å². The van der Waals surface area contributed by atoms with Crippen molar-refractivity contribution in [1.82, 2.24) is 0 Å². The van der Waals surface area contributed by atoms with E-state index in [0.29, 0.717) is 11.4 Å². The van der Waals surface area contributed by atoms with Crippen LogP contribution in [0.3, 0.4) is 0 Å². The van der Waals surface area contributed by atoms with Gasteiger partial charge in [-0.2, -0.15) is 0 Å². The monoisotopic (exact) mass is 385 g/mol. The van der Waals surface area contributed by atoms with Gasteiger partial charge in [0.05, 0.1) is 13.7 Å². The molecular formula is C23H31NO4. The van der Waals surface area contributed by atoms with Gasteiger partial charge in [-0.25, -0.2) is 0 Å². The number of carbonyl (C=O) groups excluding carboxylic acids is 1. The molecule has 0 fully saturated rings. The van der Waals surface area contributed by atoms with E-state index < -0.39 is 6.10 Å². The summed E-state index contributed by atoms with van der Waals surface area (Å²) in [5.74, 6) is 1.97. The highest BCUT2D eigenvalue weighted by Gasteiger charge is 2.15. The topological polar surface area (TPSA) is 56.8 Å². The first kappa shape index (κ1) is 21.6. The molecule has 0 saturated heterocycles. The number of hydrogen-bond donors (Lipinski definition) is 1. The van der Waals surface area contributed by atoms with E-state index in [2.05, 4.69) is 12.2 Å². The van der Waals surface area contributed by atoms with Crippen molar-refractivity contribution in [3.63, 3.8) is 0 Å². The molecule has 2 rings (SSSR count). The maximum Gasteiger partial charge on any atom is 0.265 e. The molecule has 5 nitrogen and oxygen atoms in total. The number of rotatable bonds is 12. The van der Waals surface area contributed by atoms with Crippen molar-refractivity contribution in [2.45, 2.75) is 52.1 Å². The molecule has 152 valence electrons. The van der Waals surface area contributed by atoms with E-state index >= 15 is 0 Å². The van der Waals surface area contributed by atoms with Gasteiger partial charge in [-0.15, -0.1) is 0 Å². The van der Waals surface area contributed by atoms with E-state index in [-0.39, 0.29) is 5.91 Å². The molecule has 0 heterocycles. The van der Waals surface area contributed by atoms with Crippen molar-refractivity contribution < 1.29 is 19.0 Å². The van der Waals surface area contributed by atoms with Gasteiger partial charge < -0.3 is 19.5 Å². The Kier molecular flexibility index (Phi) is 9.19. The lowest BCUT2D eigenvalue weighted by Crippen LogP contribution is -2.30. The van der Waals surface area contributed by atoms with Crippen molar-refractivity contribution in [3.8, 4) is 17.2 Å². The van der Waals surface area contributed by atoms with E-state index in [0.717, 1.165) is 24.5 Å². The Hall–Kier alpha value is -2.69. The minimum absolute atomic E-state index is 0.208. The lowest BCUT2D eigenvalue weighted by molar-refractivity contribution is -0.122. The van der Waals surface area contributed by atoms with Crippen LogP contribution in [0.4, 0.5) is 5.69 Å². The fraction of sp³-hybridized carbons (Fsp3) is 0.435. The third kappa shape index (κ3) is 7.51. The van der Waals surface area contributed by atoms with Crippen LogP contribution in [0, 0.1) is 0 Å². The van der Waals surface area contributed by atoms with Gasteiger partial charge in [0.15, 0.2) is 6.10 Å². The average molecular weight is 386 g/mol. The Balaban J connectivity index is 1.74. The highest BCUT2D eigenvalue weighted by molar-refractivity contribution is 5.94. The Morgan fingerprint density at radius 2 is 1.50 bits per heavy atom. The Labute approximate surface area is 168 Å². The second kappa shape index (κ2) is 11.9. The van der Waals surface area contributed by atoms with Crippen molar-refractivity contribution >= 4 is 11.6 Å². The third-order valence-electron chi connectivity index (χ3n) is 4.38. The molecule has 5 heteroatoms. The predicted molar refractivity (Wildman–Crippen MR) is 112 cm³/mol. The second-order valence-electron chi connectivity index (χ2n) is 6.71. The number of anilines is 1. The fourth-order valence-corrected chi connectivity index (χ4v) is 2.69. The van der Waals surface area contributed by atoms with Crippen LogP contribution >= 0.6 is 0 Å². The van der Waals surface area contributed by atoms with Crippen LogP contribution < -0.4 is 19.5 Å². The van der Waals surface area contributed by atoms with E-state index in [4.69, 9.17) is 14.2 Å². The van der Waals surface area contributed by atoms with Crippen LogP contribution in [0.2, 0.25) is 0 Å². The van der Waals surface area contributed by atoms with E-state index in [1.165, 1.54) is 25.7 Å². The second-order valence-corrected chi connectivity index (χ2v) is 6.71. The van der Waals surface area contributed by atoms with E-state index in [1.54, 1.807) is 38.3 Å².